The van der Waals surface area contributed by atoms with Gasteiger partial charge in [-0.25, -0.2) is 0 Å². The van der Waals surface area contributed by atoms with Crippen molar-refractivity contribution >= 4 is 18.6 Å². The summed E-state index contributed by atoms with van der Waals surface area (Å²) < 4.78 is 1.12. The predicted octanol–water partition coefficient (Wildman–Crippen LogP) is -2.72. The first-order chi connectivity index (χ1) is 3.27. The zero-order valence-corrected chi connectivity index (χ0v) is 8.43. The normalized spacial score (nSPS) is 14.7. The van der Waals surface area contributed by atoms with Crippen LogP contribution in [0.1, 0.15) is 6.92 Å². The molecule has 0 rings (SSSR count). The van der Waals surface area contributed by atoms with Crippen LogP contribution in [0.4, 0.5) is 0 Å². The fourth-order valence-corrected chi connectivity index (χ4v) is 2.13. The summed E-state index contributed by atoms with van der Waals surface area (Å²) in [6.45, 7) is 1.95. The Morgan fingerprint density at radius 1 is 2.00 bits per heavy atom. The summed E-state index contributed by atoms with van der Waals surface area (Å²) in [6, 6.07) is 0. The van der Waals surface area contributed by atoms with Gasteiger partial charge in [-0.2, -0.15) is 0 Å². The van der Waals surface area contributed by atoms with E-state index in [9.17, 15) is 0 Å². The first-order valence-corrected chi connectivity index (χ1v) is 9.77. The number of rotatable bonds is 3. The van der Waals surface area contributed by atoms with E-state index in [1.165, 1.54) is 0 Å². The zero-order chi connectivity index (χ0) is 5.70. The molecule has 0 aromatic rings. The van der Waals surface area contributed by atoms with Crippen molar-refractivity contribution in [2.75, 3.05) is 4.55 Å². The van der Waals surface area contributed by atoms with Gasteiger partial charge in [0.1, 0.15) is 0 Å². The Balaban J connectivity index is 2.68. The third-order valence-electron chi connectivity index (χ3n) is 0.450. The van der Waals surface area contributed by atoms with Crippen LogP contribution < -0.4 is 28.3 Å². The molecule has 7 heavy (non-hydrogen) atoms. The fraction of sp³-hybridized carbons (Fsp3) is 1.00. The van der Waals surface area contributed by atoms with E-state index in [0.29, 0.717) is 17.2 Å². The summed E-state index contributed by atoms with van der Waals surface area (Å²) in [4.78, 5) is 0. The molecule has 0 aromatic carbocycles. The second-order valence-corrected chi connectivity index (χ2v) is 6.43. The summed E-state index contributed by atoms with van der Waals surface area (Å²) in [5.41, 5.74) is 5.38. The van der Waals surface area contributed by atoms with Crippen molar-refractivity contribution in [3.05, 3.63) is 0 Å². The maximum atomic E-state index is 5.38. The molecule has 0 aliphatic carbocycles. The maximum absolute atomic E-state index is 5.38. The molecular formula is C3H9I2N2-. The van der Waals surface area contributed by atoms with Crippen molar-refractivity contribution in [1.82, 2.24) is 5.32 Å². The number of hydrogen-bond donors (Lipinski definition) is 2. The van der Waals surface area contributed by atoms with Crippen LogP contribution in [0.25, 0.3) is 0 Å². The molecule has 4 heteroatoms. The van der Waals surface area contributed by atoms with Crippen molar-refractivity contribution in [3.63, 3.8) is 0 Å². The van der Waals surface area contributed by atoms with E-state index >= 15 is 0 Å². The summed E-state index contributed by atoms with van der Waals surface area (Å²) in [5, 5.41) is 3.11. The number of alkyl halides is 1. The van der Waals surface area contributed by atoms with E-state index in [0.717, 1.165) is 4.55 Å². The van der Waals surface area contributed by atoms with E-state index < -0.39 is 0 Å². The molecule has 0 spiro atoms. The summed E-state index contributed by atoms with van der Waals surface area (Å²) >= 11 is 2.77. The molecule has 0 radical (unpaired) electrons. The number of hydrogen-bond acceptors (Lipinski definition) is 2. The second-order valence-electron chi connectivity index (χ2n) is 1.23. The minimum absolute atomic E-state index is 0.175. The average molecular weight is 327 g/mol. The number of nitrogens with two attached hydrogens (primary N) is 1. The Morgan fingerprint density at radius 2 is 2.57 bits per heavy atom. The Morgan fingerprint density at radius 3 is 2.71 bits per heavy atom. The van der Waals surface area contributed by atoms with Crippen LogP contribution in [-0.4, -0.2) is 10.7 Å². The van der Waals surface area contributed by atoms with Gasteiger partial charge in [0, 0.05) is 0 Å². The average Bonchev–Trinajstić information content (AvgIpc) is 1.61. The first-order valence-electron chi connectivity index (χ1n) is 1.96. The van der Waals surface area contributed by atoms with Crippen LogP contribution in [0.3, 0.4) is 0 Å². The molecule has 0 fully saturated rings. The summed E-state index contributed by atoms with van der Waals surface area (Å²) in [7, 11) is 0. The van der Waals surface area contributed by atoms with Crippen LogP contribution in [0.5, 0.6) is 0 Å². The summed E-state index contributed by atoms with van der Waals surface area (Å²) in [5.74, 6) is 0. The molecule has 0 heterocycles. The third-order valence-corrected chi connectivity index (χ3v) is 3.11. The molecule has 0 amide bonds. The molecule has 2 nitrogen and oxygen atoms in total. The molecule has 0 aliphatic heterocycles. The summed E-state index contributed by atoms with van der Waals surface area (Å²) in [6.07, 6.45) is 0.175. The molecule has 0 aliphatic rings. The van der Waals surface area contributed by atoms with Gasteiger partial charge in [0.25, 0.3) is 0 Å². The minimum atomic E-state index is 0.175. The molecule has 3 N–H and O–H groups in total. The Hall–Kier alpha value is 1.38. The van der Waals surface area contributed by atoms with E-state index in [1.807, 2.05) is 6.92 Å². The second kappa shape index (κ2) is 5.52. The molecule has 0 saturated carbocycles. The molecule has 0 bridgehead atoms. The first kappa shape index (κ1) is 8.38. The fourth-order valence-electron chi connectivity index (χ4n) is 0.151. The number of nitrogens with one attached hydrogen (secondary N) is 1. The SMILES string of the molecule is C[C@H](N)NC[I-]I. The van der Waals surface area contributed by atoms with Gasteiger partial charge < -0.3 is 0 Å². The topological polar surface area (TPSA) is 38.0 Å². The van der Waals surface area contributed by atoms with Gasteiger partial charge in [-0.3, -0.25) is 0 Å². The van der Waals surface area contributed by atoms with Gasteiger partial charge in [-0.15, -0.1) is 0 Å². The van der Waals surface area contributed by atoms with Crippen molar-refractivity contribution in [1.29, 1.82) is 0 Å². The van der Waals surface area contributed by atoms with Crippen molar-refractivity contribution in [2.45, 2.75) is 13.1 Å². The van der Waals surface area contributed by atoms with Crippen molar-refractivity contribution in [2.24, 2.45) is 5.73 Å². The molecule has 46 valence electrons. The van der Waals surface area contributed by atoms with Crippen LogP contribution in [0.15, 0.2) is 0 Å². The number of halogens is 2. The molecule has 0 unspecified atom stereocenters. The van der Waals surface area contributed by atoms with Gasteiger partial charge in [-0.05, 0) is 0 Å². The van der Waals surface area contributed by atoms with Gasteiger partial charge >= 0.3 is 64.5 Å². The Bertz CT molecular complexity index is 39.9. The molecular weight excluding hydrogens is 318 g/mol. The van der Waals surface area contributed by atoms with E-state index in [1.54, 1.807) is 0 Å². The van der Waals surface area contributed by atoms with Gasteiger partial charge in [0.2, 0.25) is 0 Å². The van der Waals surface area contributed by atoms with Gasteiger partial charge in [0.05, 0.1) is 0 Å². The van der Waals surface area contributed by atoms with Gasteiger partial charge in [0.15, 0.2) is 0 Å². The van der Waals surface area contributed by atoms with Crippen LogP contribution in [0.2, 0.25) is 0 Å². The van der Waals surface area contributed by atoms with E-state index in [4.69, 9.17) is 5.73 Å². The third kappa shape index (κ3) is 7.38. The quantitative estimate of drug-likeness (QED) is 0.256. The van der Waals surface area contributed by atoms with Crippen LogP contribution in [0, 0.1) is 0 Å². The van der Waals surface area contributed by atoms with Gasteiger partial charge in [-0.1, -0.05) is 0 Å². The molecule has 1 atom stereocenters. The predicted molar refractivity (Wildman–Crippen MR) is 35.7 cm³/mol. The molecule has 0 saturated heterocycles. The Kier molecular flexibility index (Phi) is 6.60. The standard InChI is InChI=1S/C3H9I2N2/c1-3(6)7-2-5-4/h3,7H,2,6H2,1H3/q-1/t3-/m1/s1. The Labute approximate surface area is 64.0 Å². The van der Waals surface area contributed by atoms with E-state index in [2.05, 4.69) is 23.9 Å². The van der Waals surface area contributed by atoms with Crippen LogP contribution >= 0.6 is 18.6 Å². The van der Waals surface area contributed by atoms with E-state index in [-0.39, 0.29) is 6.17 Å². The van der Waals surface area contributed by atoms with Crippen molar-refractivity contribution in [3.8, 4) is 0 Å². The zero-order valence-electron chi connectivity index (χ0n) is 4.12. The van der Waals surface area contributed by atoms with Crippen molar-refractivity contribution < 1.29 is 17.2 Å². The monoisotopic (exact) mass is 327 g/mol. The van der Waals surface area contributed by atoms with Crippen LogP contribution in [-0.2, 0) is 0 Å². The molecule has 0 aromatic heterocycles.